The summed E-state index contributed by atoms with van der Waals surface area (Å²) in [6.45, 7) is 10.3. The molecule has 2 heteroatoms. The summed E-state index contributed by atoms with van der Waals surface area (Å²) in [5.41, 5.74) is 5.72. The monoisotopic (exact) mass is 260 g/mol. The number of nitrogens with zero attached hydrogens (tertiary/aromatic N) is 1. The van der Waals surface area contributed by atoms with E-state index in [2.05, 4.69) is 50.2 Å². The third kappa shape index (κ3) is 3.58. The molecule has 0 aliphatic carbocycles. The fourth-order valence-electron chi connectivity index (χ4n) is 3.47. The molecule has 0 bridgehead atoms. The average molecular weight is 260 g/mol. The van der Waals surface area contributed by atoms with E-state index in [1.54, 1.807) is 0 Å². The van der Waals surface area contributed by atoms with Gasteiger partial charge in [0.05, 0.1) is 0 Å². The minimum Gasteiger partial charge on any atom is -0.312 e. The molecular formula is C17H28N2. The Labute approximate surface area is 118 Å². The van der Waals surface area contributed by atoms with Crippen LogP contribution in [0.3, 0.4) is 0 Å². The lowest BCUT2D eigenvalue weighted by Gasteiger charge is -2.32. The summed E-state index contributed by atoms with van der Waals surface area (Å²) in [6.07, 6.45) is 4.13. The van der Waals surface area contributed by atoms with Gasteiger partial charge in [-0.25, -0.2) is 0 Å². The zero-order chi connectivity index (χ0) is 13.8. The van der Waals surface area contributed by atoms with E-state index in [1.165, 1.54) is 54.6 Å². The van der Waals surface area contributed by atoms with Crippen LogP contribution in [0.15, 0.2) is 12.1 Å². The van der Waals surface area contributed by atoms with Crippen LogP contribution >= 0.6 is 0 Å². The van der Waals surface area contributed by atoms with Gasteiger partial charge < -0.3 is 10.2 Å². The van der Waals surface area contributed by atoms with Crippen LogP contribution in [0.25, 0.3) is 0 Å². The van der Waals surface area contributed by atoms with Crippen molar-refractivity contribution >= 4 is 0 Å². The van der Waals surface area contributed by atoms with Crippen molar-refractivity contribution in [1.29, 1.82) is 0 Å². The van der Waals surface area contributed by atoms with Crippen molar-refractivity contribution in [2.75, 3.05) is 26.7 Å². The van der Waals surface area contributed by atoms with Crippen LogP contribution in [-0.2, 0) is 0 Å². The molecule has 106 valence electrons. The van der Waals surface area contributed by atoms with E-state index < -0.39 is 0 Å². The molecule has 1 unspecified atom stereocenters. The van der Waals surface area contributed by atoms with Gasteiger partial charge in [0.1, 0.15) is 0 Å². The number of benzene rings is 1. The van der Waals surface area contributed by atoms with Crippen LogP contribution in [0.1, 0.15) is 47.6 Å². The minimum atomic E-state index is 0.457. The first kappa shape index (κ1) is 14.5. The zero-order valence-corrected chi connectivity index (χ0v) is 12.9. The topological polar surface area (TPSA) is 15.3 Å². The maximum atomic E-state index is 3.53. The van der Waals surface area contributed by atoms with Crippen LogP contribution < -0.4 is 5.32 Å². The van der Waals surface area contributed by atoms with E-state index in [0.29, 0.717) is 6.04 Å². The van der Waals surface area contributed by atoms with Gasteiger partial charge in [-0.15, -0.1) is 0 Å². The molecule has 1 atom stereocenters. The minimum absolute atomic E-state index is 0.457. The number of aryl methyl sites for hydroxylation is 3. The van der Waals surface area contributed by atoms with E-state index in [-0.39, 0.29) is 0 Å². The SMILES string of the molecule is CNC(CN1CCCCC1)c1c(C)cc(C)cc1C. The summed E-state index contributed by atoms with van der Waals surface area (Å²) in [4.78, 5) is 2.61. The van der Waals surface area contributed by atoms with Gasteiger partial charge in [-0.3, -0.25) is 0 Å². The van der Waals surface area contributed by atoms with Gasteiger partial charge in [0.2, 0.25) is 0 Å². The third-order valence-corrected chi connectivity index (χ3v) is 4.32. The molecular weight excluding hydrogens is 232 g/mol. The average Bonchev–Trinajstić information content (AvgIpc) is 2.37. The maximum absolute atomic E-state index is 3.53. The van der Waals surface area contributed by atoms with Crippen LogP contribution in [-0.4, -0.2) is 31.6 Å². The van der Waals surface area contributed by atoms with Crippen molar-refractivity contribution in [3.8, 4) is 0 Å². The molecule has 1 N–H and O–H groups in total. The predicted octanol–water partition coefficient (Wildman–Crippen LogP) is 3.36. The Morgan fingerprint density at radius 1 is 1.05 bits per heavy atom. The predicted molar refractivity (Wildman–Crippen MR) is 82.7 cm³/mol. The van der Waals surface area contributed by atoms with E-state index in [4.69, 9.17) is 0 Å². The first-order valence-corrected chi connectivity index (χ1v) is 7.59. The van der Waals surface area contributed by atoms with Crippen LogP contribution in [0.2, 0.25) is 0 Å². The molecule has 0 spiro atoms. The Morgan fingerprint density at radius 3 is 2.16 bits per heavy atom. The second kappa shape index (κ2) is 6.53. The van der Waals surface area contributed by atoms with Gasteiger partial charge in [-0.2, -0.15) is 0 Å². The molecule has 2 rings (SSSR count). The Balaban J connectivity index is 2.16. The van der Waals surface area contributed by atoms with Crippen molar-refractivity contribution in [2.45, 2.75) is 46.1 Å². The van der Waals surface area contributed by atoms with Crippen molar-refractivity contribution in [3.63, 3.8) is 0 Å². The molecule has 1 aliphatic heterocycles. The lowest BCUT2D eigenvalue weighted by Crippen LogP contribution is -2.37. The van der Waals surface area contributed by atoms with Crippen LogP contribution in [0, 0.1) is 20.8 Å². The van der Waals surface area contributed by atoms with Crippen molar-refractivity contribution < 1.29 is 0 Å². The van der Waals surface area contributed by atoms with E-state index in [9.17, 15) is 0 Å². The number of hydrogen-bond acceptors (Lipinski definition) is 2. The van der Waals surface area contributed by atoms with Gasteiger partial charge in [-0.05, 0) is 70.4 Å². The Bertz CT molecular complexity index is 396. The number of nitrogens with one attached hydrogen (secondary N) is 1. The zero-order valence-electron chi connectivity index (χ0n) is 12.9. The number of piperidine rings is 1. The molecule has 1 heterocycles. The molecule has 1 fully saturated rings. The lowest BCUT2D eigenvalue weighted by atomic mass is 9.93. The molecule has 0 saturated carbocycles. The van der Waals surface area contributed by atoms with Crippen molar-refractivity contribution in [1.82, 2.24) is 10.2 Å². The summed E-state index contributed by atoms with van der Waals surface area (Å²) in [5, 5.41) is 3.53. The molecule has 1 aromatic carbocycles. The Morgan fingerprint density at radius 2 is 1.63 bits per heavy atom. The normalized spacial score (nSPS) is 18.5. The second-order valence-electron chi connectivity index (χ2n) is 6.01. The quantitative estimate of drug-likeness (QED) is 0.893. The second-order valence-corrected chi connectivity index (χ2v) is 6.01. The molecule has 1 aromatic rings. The third-order valence-electron chi connectivity index (χ3n) is 4.32. The summed E-state index contributed by atoms with van der Waals surface area (Å²) in [7, 11) is 2.09. The molecule has 2 nitrogen and oxygen atoms in total. The molecule has 0 amide bonds. The van der Waals surface area contributed by atoms with E-state index in [1.807, 2.05) is 0 Å². The Kier molecular flexibility index (Phi) is 5.00. The molecule has 0 aromatic heterocycles. The van der Waals surface area contributed by atoms with Gasteiger partial charge in [0.25, 0.3) is 0 Å². The van der Waals surface area contributed by atoms with Crippen molar-refractivity contribution in [2.24, 2.45) is 0 Å². The largest absolute Gasteiger partial charge is 0.312 e. The number of rotatable bonds is 4. The first-order valence-electron chi connectivity index (χ1n) is 7.59. The first-order chi connectivity index (χ1) is 9.11. The summed E-state index contributed by atoms with van der Waals surface area (Å²) in [6, 6.07) is 5.07. The molecule has 1 saturated heterocycles. The lowest BCUT2D eigenvalue weighted by molar-refractivity contribution is 0.208. The van der Waals surface area contributed by atoms with Gasteiger partial charge in [0, 0.05) is 12.6 Å². The van der Waals surface area contributed by atoms with Gasteiger partial charge in [-0.1, -0.05) is 24.1 Å². The van der Waals surface area contributed by atoms with E-state index >= 15 is 0 Å². The standard InChI is InChI=1S/C17H28N2/c1-13-10-14(2)17(15(3)11-13)16(18-4)12-19-8-6-5-7-9-19/h10-11,16,18H,5-9,12H2,1-4H3. The van der Waals surface area contributed by atoms with Crippen LogP contribution in [0.4, 0.5) is 0 Å². The highest BCUT2D eigenvalue weighted by Crippen LogP contribution is 2.25. The smallest absolute Gasteiger partial charge is 0.0452 e. The fraction of sp³-hybridized carbons (Fsp3) is 0.647. The maximum Gasteiger partial charge on any atom is 0.0452 e. The van der Waals surface area contributed by atoms with E-state index in [0.717, 1.165) is 6.54 Å². The molecule has 0 radical (unpaired) electrons. The highest BCUT2D eigenvalue weighted by molar-refractivity contribution is 5.39. The van der Waals surface area contributed by atoms with Gasteiger partial charge in [0.15, 0.2) is 0 Å². The Hall–Kier alpha value is -0.860. The van der Waals surface area contributed by atoms with Gasteiger partial charge >= 0.3 is 0 Å². The number of likely N-dealkylation sites (tertiary alicyclic amines) is 1. The summed E-state index contributed by atoms with van der Waals surface area (Å²) < 4.78 is 0. The molecule has 1 aliphatic rings. The van der Waals surface area contributed by atoms with Crippen molar-refractivity contribution in [3.05, 3.63) is 34.4 Å². The van der Waals surface area contributed by atoms with Crippen LogP contribution in [0.5, 0.6) is 0 Å². The highest BCUT2D eigenvalue weighted by atomic mass is 15.1. The number of likely N-dealkylation sites (N-methyl/N-ethyl adjacent to an activating group) is 1. The highest BCUT2D eigenvalue weighted by Gasteiger charge is 2.19. The summed E-state index contributed by atoms with van der Waals surface area (Å²) in [5.74, 6) is 0. The summed E-state index contributed by atoms with van der Waals surface area (Å²) >= 11 is 0. The fourth-order valence-corrected chi connectivity index (χ4v) is 3.47. The number of hydrogen-bond donors (Lipinski definition) is 1. The molecule has 19 heavy (non-hydrogen) atoms.